The van der Waals surface area contributed by atoms with Crippen molar-refractivity contribution in [2.75, 3.05) is 0 Å². The molecule has 6 atom stereocenters. The average Bonchev–Trinajstić information content (AvgIpc) is 2.67. The molecule has 1 rings (SSSR count). The Kier molecular flexibility index (Phi) is 8.70. The second-order valence-electron chi connectivity index (χ2n) is 7.82. The zero-order valence-corrected chi connectivity index (χ0v) is 18.1. The van der Waals surface area contributed by atoms with Crippen molar-refractivity contribution in [3.8, 4) is 0 Å². The molecule has 1 aliphatic rings. The predicted octanol–water partition coefficient (Wildman–Crippen LogP) is 4.48. The highest BCUT2D eigenvalue weighted by molar-refractivity contribution is 5.98. The summed E-state index contributed by atoms with van der Waals surface area (Å²) in [6.45, 7) is 14.9. The minimum absolute atomic E-state index is 0.0426. The van der Waals surface area contributed by atoms with E-state index >= 15 is 0 Å². The van der Waals surface area contributed by atoms with Crippen molar-refractivity contribution in [1.82, 2.24) is 0 Å². The maximum Gasteiger partial charge on any atom is 0.308 e. The Morgan fingerprint density at radius 3 is 2.22 bits per heavy atom. The van der Waals surface area contributed by atoms with Gasteiger partial charge in [-0.05, 0) is 13.3 Å². The molecule has 0 radical (unpaired) electrons. The summed E-state index contributed by atoms with van der Waals surface area (Å²) in [6.07, 6.45) is 0.652. The second kappa shape index (κ2) is 10.0. The number of carbonyl (C=O) groups excluding carboxylic acids is 3. The summed E-state index contributed by atoms with van der Waals surface area (Å²) in [4.78, 5) is 37.5. The average molecular weight is 381 g/mol. The van der Waals surface area contributed by atoms with Crippen molar-refractivity contribution in [2.24, 2.45) is 23.7 Å². The molecular weight excluding hydrogens is 344 g/mol. The Labute approximate surface area is 163 Å². The molecule has 5 nitrogen and oxygen atoms in total. The summed E-state index contributed by atoms with van der Waals surface area (Å²) >= 11 is 0. The molecule has 0 N–H and O–H groups in total. The molecule has 0 aliphatic carbocycles. The molecular formula is C22H36O5. The molecule has 5 heteroatoms. The highest BCUT2D eigenvalue weighted by Gasteiger charge is 2.43. The second-order valence-corrected chi connectivity index (χ2v) is 7.82. The summed E-state index contributed by atoms with van der Waals surface area (Å²) < 4.78 is 12.0. The Bertz CT molecular complexity index is 592. The first-order valence-corrected chi connectivity index (χ1v) is 10.2. The Balaban J connectivity index is 3.18. The lowest BCUT2D eigenvalue weighted by molar-refractivity contribution is -0.166. The van der Waals surface area contributed by atoms with Crippen molar-refractivity contribution in [3.05, 3.63) is 11.3 Å². The van der Waals surface area contributed by atoms with Crippen LogP contribution in [0.3, 0.4) is 0 Å². The van der Waals surface area contributed by atoms with Gasteiger partial charge in [0.25, 0.3) is 0 Å². The van der Waals surface area contributed by atoms with Gasteiger partial charge in [-0.2, -0.15) is 0 Å². The number of carbonyl (C=O) groups is 3. The first kappa shape index (κ1) is 23.4. The van der Waals surface area contributed by atoms with Crippen LogP contribution in [0, 0.1) is 23.7 Å². The minimum atomic E-state index is -0.615. The zero-order chi connectivity index (χ0) is 20.9. The third kappa shape index (κ3) is 5.20. The van der Waals surface area contributed by atoms with Crippen molar-refractivity contribution in [1.29, 1.82) is 0 Å². The topological polar surface area (TPSA) is 69.7 Å². The number of ketones is 2. The quantitative estimate of drug-likeness (QED) is 0.552. The van der Waals surface area contributed by atoms with E-state index in [1.165, 1.54) is 0 Å². The van der Waals surface area contributed by atoms with Crippen LogP contribution in [-0.2, 0) is 23.9 Å². The van der Waals surface area contributed by atoms with Gasteiger partial charge in [0.15, 0.2) is 5.78 Å². The molecule has 1 aliphatic heterocycles. The van der Waals surface area contributed by atoms with Gasteiger partial charge in [0.05, 0.1) is 17.8 Å². The largest absolute Gasteiger partial charge is 0.493 e. The highest BCUT2D eigenvalue weighted by Crippen LogP contribution is 2.35. The van der Waals surface area contributed by atoms with Crippen LogP contribution >= 0.6 is 0 Å². The lowest BCUT2D eigenvalue weighted by Gasteiger charge is -2.39. The standard InChI is InChI=1S/C22H36O5/c1-9-12(4)22(25)27-20(13(5)17(23)10-2)16(8)21-15(7)19(24)14(6)18(11-3)26-21/h12-13,15-16,20-21H,9-11H2,1-8H3/t12-,13+,15+,16+,20-,21+/m1/s1. The highest BCUT2D eigenvalue weighted by atomic mass is 16.5. The number of allylic oxidation sites excluding steroid dienone is 2. The van der Waals surface area contributed by atoms with E-state index in [0.717, 1.165) is 0 Å². The maximum absolute atomic E-state index is 12.7. The molecule has 154 valence electrons. The SMILES string of the molecule is CCC(=O)[C@H](C)[C@@H](OC(=O)[C@H](C)CC)[C@H](C)[C@H]1OC(CC)=C(C)C(=O)[C@@H]1C. The summed E-state index contributed by atoms with van der Waals surface area (Å²) in [5.41, 5.74) is 0.666. The first-order chi connectivity index (χ1) is 12.6. The van der Waals surface area contributed by atoms with E-state index in [-0.39, 0.29) is 35.3 Å². The lowest BCUT2D eigenvalue weighted by atomic mass is 9.78. The number of hydrogen-bond acceptors (Lipinski definition) is 5. The Hall–Kier alpha value is -1.65. The molecule has 0 bridgehead atoms. The van der Waals surface area contributed by atoms with E-state index in [2.05, 4.69) is 0 Å². The van der Waals surface area contributed by atoms with Crippen LogP contribution in [-0.4, -0.2) is 29.7 Å². The fraction of sp³-hybridized carbons (Fsp3) is 0.773. The Morgan fingerprint density at radius 2 is 1.74 bits per heavy atom. The van der Waals surface area contributed by atoms with Gasteiger partial charge in [-0.15, -0.1) is 0 Å². The van der Waals surface area contributed by atoms with Gasteiger partial charge in [-0.3, -0.25) is 14.4 Å². The lowest BCUT2D eigenvalue weighted by Crippen LogP contribution is -2.47. The molecule has 27 heavy (non-hydrogen) atoms. The number of rotatable bonds is 9. The normalized spacial score (nSPS) is 24.7. The van der Waals surface area contributed by atoms with Crippen LogP contribution in [0.1, 0.15) is 74.7 Å². The Morgan fingerprint density at radius 1 is 1.15 bits per heavy atom. The van der Waals surface area contributed by atoms with E-state index in [9.17, 15) is 14.4 Å². The maximum atomic E-state index is 12.7. The van der Waals surface area contributed by atoms with Crippen LogP contribution in [0.2, 0.25) is 0 Å². The summed E-state index contributed by atoms with van der Waals surface area (Å²) in [5.74, 6) is -0.804. The van der Waals surface area contributed by atoms with Gasteiger partial charge in [0.1, 0.15) is 23.8 Å². The van der Waals surface area contributed by atoms with E-state index in [0.29, 0.717) is 30.6 Å². The molecule has 0 aromatic rings. The van der Waals surface area contributed by atoms with Gasteiger partial charge in [0, 0.05) is 24.3 Å². The summed E-state index contributed by atoms with van der Waals surface area (Å²) in [6, 6.07) is 0. The molecule has 0 saturated carbocycles. The van der Waals surface area contributed by atoms with E-state index in [4.69, 9.17) is 9.47 Å². The molecule has 0 unspecified atom stereocenters. The zero-order valence-electron chi connectivity index (χ0n) is 18.1. The van der Waals surface area contributed by atoms with Crippen molar-refractivity contribution in [2.45, 2.75) is 86.9 Å². The van der Waals surface area contributed by atoms with E-state index < -0.39 is 18.1 Å². The van der Waals surface area contributed by atoms with Crippen LogP contribution in [0.15, 0.2) is 11.3 Å². The number of Topliss-reactive ketones (excluding diaryl/α,β-unsaturated/α-hetero) is 2. The number of hydrogen-bond donors (Lipinski definition) is 0. The van der Waals surface area contributed by atoms with Gasteiger partial charge in [-0.25, -0.2) is 0 Å². The van der Waals surface area contributed by atoms with Crippen LogP contribution in [0.25, 0.3) is 0 Å². The fourth-order valence-electron chi connectivity index (χ4n) is 3.67. The molecule has 0 fully saturated rings. The predicted molar refractivity (Wildman–Crippen MR) is 105 cm³/mol. The molecule has 0 spiro atoms. The minimum Gasteiger partial charge on any atom is -0.493 e. The third-order valence-electron chi connectivity index (χ3n) is 5.95. The van der Waals surface area contributed by atoms with Crippen LogP contribution in [0.5, 0.6) is 0 Å². The number of esters is 1. The van der Waals surface area contributed by atoms with Crippen molar-refractivity contribution < 1.29 is 23.9 Å². The number of ether oxygens (including phenoxy) is 2. The smallest absolute Gasteiger partial charge is 0.308 e. The summed E-state index contributed by atoms with van der Waals surface area (Å²) in [5, 5.41) is 0. The van der Waals surface area contributed by atoms with Crippen LogP contribution in [0.4, 0.5) is 0 Å². The van der Waals surface area contributed by atoms with Gasteiger partial charge in [0.2, 0.25) is 0 Å². The third-order valence-corrected chi connectivity index (χ3v) is 5.95. The van der Waals surface area contributed by atoms with Crippen LogP contribution < -0.4 is 0 Å². The molecule has 0 aromatic heterocycles. The van der Waals surface area contributed by atoms with Crippen molar-refractivity contribution >= 4 is 17.5 Å². The summed E-state index contributed by atoms with van der Waals surface area (Å²) in [7, 11) is 0. The van der Waals surface area contributed by atoms with E-state index in [1.807, 2.05) is 41.5 Å². The van der Waals surface area contributed by atoms with E-state index in [1.54, 1.807) is 13.8 Å². The molecule has 1 heterocycles. The first-order valence-electron chi connectivity index (χ1n) is 10.2. The monoisotopic (exact) mass is 380 g/mol. The van der Waals surface area contributed by atoms with Gasteiger partial charge in [-0.1, -0.05) is 48.5 Å². The van der Waals surface area contributed by atoms with Crippen molar-refractivity contribution in [3.63, 3.8) is 0 Å². The molecule has 0 saturated heterocycles. The van der Waals surface area contributed by atoms with Gasteiger partial charge >= 0.3 is 5.97 Å². The molecule has 0 amide bonds. The van der Waals surface area contributed by atoms with Gasteiger partial charge < -0.3 is 9.47 Å². The molecule has 0 aromatic carbocycles. The fourth-order valence-corrected chi connectivity index (χ4v) is 3.67.